The number of hydrazine groups is 1. The minimum Gasteiger partial charge on any atom is -0.492 e. The Labute approximate surface area is 292 Å². The van der Waals surface area contributed by atoms with Crippen LogP contribution in [0.2, 0.25) is 5.02 Å². The Kier molecular flexibility index (Phi) is 10.5. The van der Waals surface area contributed by atoms with E-state index in [1.165, 1.54) is 5.56 Å². The Balaban J connectivity index is 1.02. The van der Waals surface area contributed by atoms with E-state index in [2.05, 4.69) is 52.3 Å². The highest BCUT2D eigenvalue weighted by Gasteiger charge is 2.34. The molecule has 12 heteroatoms. The topological polar surface area (TPSA) is 108 Å². The fourth-order valence-electron chi connectivity index (χ4n) is 6.75. The van der Waals surface area contributed by atoms with E-state index < -0.39 is 0 Å². The fraction of sp³-hybridized carbons (Fsp3) is 0.351. The predicted octanol–water partition coefficient (Wildman–Crippen LogP) is 6.41. The average molecular weight is 677 g/mol. The summed E-state index contributed by atoms with van der Waals surface area (Å²) in [5.74, 6) is 2.15. The van der Waals surface area contributed by atoms with Gasteiger partial charge in [-0.15, -0.1) is 0 Å². The number of anilines is 2. The lowest BCUT2D eigenvalue weighted by Crippen LogP contribution is -2.53. The van der Waals surface area contributed by atoms with Crippen molar-refractivity contribution in [3.05, 3.63) is 103 Å². The number of piperidine rings is 2. The molecule has 0 saturated carbocycles. The highest BCUT2D eigenvalue weighted by atomic mass is 35.5. The molecule has 6 heterocycles. The third kappa shape index (κ3) is 8.13. The lowest BCUT2D eigenvalue weighted by molar-refractivity contribution is 0.183. The molecule has 0 atom stereocenters. The molecule has 0 aliphatic carbocycles. The van der Waals surface area contributed by atoms with Gasteiger partial charge in [-0.25, -0.2) is 24.9 Å². The number of aromatic nitrogens is 6. The zero-order valence-electron chi connectivity index (χ0n) is 27.7. The van der Waals surface area contributed by atoms with Gasteiger partial charge in [-0.2, -0.15) is 0 Å². The summed E-state index contributed by atoms with van der Waals surface area (Å²) < 4.78 is 5.74. The highest BCUT2D eigenvalue weighted by molar-refractivity contribution is 6.32. The van der Waals surface area contributed by atoms with Crippen LogP contribution in [-0.2, 0) is 6.54 Å². The van der Waals surface area contributed by atoms with E-state index in [0.29, 0.717) is 29.7 Å². The molecule has 2 fully saturated rings. The molecule has 0 spiro atoms. The summed E-state index contributed by atoms with van der Waals surface area (Å²) in [5, 5.41) is 2.87. The van der Waals surface area contributed by atoms with Crippen LogP contribution in [0.15, 0.2) is 92.0 Å². The van der Waals surface area contributed by atoms with Crippen LogP contribution in [0.5, 0.6) is 5.75 Å². The molecular formula is C37H41ClN10O. The molecule has 7 rings (SSSR count). The second-order valence-electron chi connectivity index (χ2n) is 12.5. The van der Waals surface area contributed by atoms with Gasteiger partial charge < -0.3 is 9.64 Å². The van der Waals surface area contributed by atoms with Gasteiger partial charge in [0.1, 0.15) is 5.75 Å². The minimum atomic E-state index is 0.317. The normalized spacial score (nSPS) is 16.4. The second kappa shape index (κ2) is 15.7. The van der Waals surface area contributed by atoms with Gasteiger partial charge in [0, 0.05) is 117 Å². The van der Waals surface area contributed by atoms with Crippen LogP contribution < -0.4 is 15.1 Å². The van der Waals surface area contributed by atoms with Gasteiger partial charge in [0.15, 0.2) is 0 Å². The number of hydrogen-bond acceptors (Lipinski definition) is 11. The number of ether oxygens (including phenoxy) is 1. The summed E-state index contributed by atoms with van der Waals surface area (Å²) in [6.07, 6.45) is 18.8. The molecule has 1 aromatic carbocycles. The van der Waals surface area contributed by atoms with Crippen LogP contribution in [0.1, 0.15) is 38.2 Å². The maximum absolute atomic E-state index is 6.35. The summed E-state index contributed by atoms with van der Waals surface area (Å²) >= 11 is 6.35. The van der Waals surface area contributed by atoms with Gasteiger partial charge >= 0.3 is 0 Å². The number of benzene rings is 1. The molecule has 2 aliphatic heterocycles. The summed E-state index contributed by atoms with van der Waals surface area (Å²) in [5.41, 5.74) is 8.56. The van der Waals surface area contributed by atoms with Gasteiger partial charge in [0.25, 0.3) is 0 Å². The maximum atomic E-state index is 6.35. The lowest BCUT2D eigenvalue weighted by Gasteiger charge is -2.45. The lowest BCUT2D eigenvalue weighted by atomic mass is 9.97. The van der Waals surface area contributed by atoms with Gasteiger partial charge in [-0.3, -0.25) is 20.3 Å². The van der Waals surface area contributed by atoms with E-state index in [4.69, 9.17) is 26.3 Å². The number of likely N-dealkylation sites (tertiary alicyclic amines) is 1. The smallest absolute Gasteiger partial charge is 0.237 e. The number of rotatable bonds is 11. The molecule has 11 nitrogen and oxygen atoms in total. The number of nitrogens with zero attached hydrogens (tertiary/aromatic N) is 9. The largest absolute Gasteiger partial charge is 0.492 e. The summed E-state index contributed by atoms with van der Waals surface area (Å²) in [7, 11) is 0. The van der Waals surface area contributed by atoms with Crippen molar-refractivity contribution in [2.45, 2.75) is 51.2 Å². The van der Waals surface area contributed by atoms with Crippen molar-refractivity contribution < 1.29 is 4.74 Å². The van der Waals surface area contributed by atoms with Crippen LogP contribution in [0.25, 0.3) is 22.3 Å². The monoisotopic (exact) mass is 676 g/mol. The minimum absolute atomic E-state index is 0.317. The summed E-state index contributed by atoms with van der Waals surface area (Å²) in [6, 6.07) is 14.7. The van der Waals surface area contributed by atoms with E-state index in [0.717, 1.165) is 92.4 Å². The second-order valence-corrected chi connectivity index (χ2v) is 12.9. The molecule has 4 aromatic heterocycles. The fourth-order valence-corrected chi connectivity index (χ4v) is 6.93. The molecule has 1 N–H and O–H groups in total. The Morgan fingerprint density at radius 1 is 0.755 bits per heavy atom. The van der Waals surface area contributed by atoms with Gasteiger partial charge in [0.2, 0.25) is 11.9 Å². The number of halogens is 1. The third-order valence-electron chi connectivity index (χ3n) is 9.28. The zero-order valence-corrected chi connectivity index (χ0v) is 28.5. The first-order valence-corrected chi connectivity index (χ1v) is 17.4. The number of pyridine rings is 2. The van der Waals surface area contributed by atoms with E-state index in [-0.39, 0.29) is 0 Å². The first-order valence-electron chi connectivity index (χ1n) is 17.0. The van der Waals surface area contributed by atoms with Gasteiger partial charge in [-0.05, 0) is 62.4 Å². The zero-order chi connectivity index (χ0) is 33.4. The maximum Gasteiger partial charge on any atom is 0.237 e. The first-order chi connectivity index (χ1) is 24.1. The molecule has 0 unspecified atom stereocenters. The molecule has 0 radical (unpaired) electrons. The van der Waals surface area contributed by atoms with Crippen molar-refractivity contribution in [2.75, 3.05) is 43.1 Å². The molecule has 252 valence electrons. The van der Waals surface area contributed by atoms with Gasteiger partial charge in [0.05, 0.1) is 11.6 Å². The summed E-state index contributed by atoms with van der Waals surface area (Å²) in [4.78, 5) is 32.5. The van der Waals surface area contributed by atoms with Crippen molar-refractivity contribution in [1.29, 1.82) is 0 Å². The average Bonchev–Trinajstić information content (AvgIpc) is 3.16. The van der Waals surface area contributed by atoms with E-state index in [9.17, 15) is 0 Å². The van der Waals surface area contributed by atoms with E-state index in [1.54, 1.807) is 12.4 Å². The van der Waals surface area contributed by atoms with Crippen molar-refractivity contribution in [3.8, 4) is 28.0 Å². The Morgan fingerprint density at radius 3 is 1.92 bits per heavy atom. The molecule has 2 aliphatic rings. The molecule has 0 bridgehead atoms. The van der Waals surface area contributed by atoms with Crippen molar-refractivity contribution >= 4 is 23.5 Å². The molecular weight excluding hydrogens is 636 g/mol. The first kappa shape index (κ1) is 32.8. The van der Waals surface area contributed by atoms with Crippen LogP contribution in [-0.4, -0.2) is 84.7 Å². The highest BCUT2D eigenvalue weighted by Crippen LogP contribution is 2.31. The SMILES string of the molecule is CCOc1cc(CN2CCC(N(c3ncc(-c4cccnc4)cn3)C3CCN(Nc4ncc(-c5cccnc5)cn4)CC3)CC2)ccc1Cl. The van der Waals surface area contributed by atoms with E-state index in [1.807, 2.05) is 74.4 Å². The third-order valence-corrected chi connectivity index (χ3v) is 9.59. The van der Waals surface area contributed by atoms with Crippen LogP contribution in [0.3, 0.4) is 0 Å². The predicted molar refractivity (Wildman–Crippen MR) is 192 cm³/mol. The molecule has 2 saturated heterocycles. The summed E-state index contributed by atoms with van der Waals surface area (Å²) in [6.45, 7) is 7.16. The Bertz CT molecular complexity index is 1760. The van der Waals surface area contributed by atoms with Crippen LogP contribution >= 0.6 is 11.6 Å². The molecule has 5 aromatic rings. The van der Waals surface area contributed by atoms with Gasteiger partial charge in [-0.1, -0.05) is 29.8 Å². The van der Waals surface area contributed by atoms with Crippen LogP contribution in [0, 0.1) is 0 Å². The Hall–Kier alpha value is -4.71. The standard InChI is InChI=1S/C37H41ClN10O/c1-2-49-35-19-27(7-8-34(35)38)26-46-15-9-32(10-16-46)48(37-43-24-31(25-44-37)29-6-4-14-40-21-29)33-11-17-47(18-12-33)45-36-41-22-30(23-42-36)28-5-3-13-39-20-28/h3-8,13-14,19-25,32-33H,2,9-12,15-18,26H2,1H3,(H,41,42,45). The van der Waals surface area contributed by atoms with Crippen LogP contribution in [0.4, 0.5) is 11.9 Å². The van der Waals surface area contributed by atoms with Crippen molar-refractivity contribution in [1.82, 2.24) is 39.8 Å². The van der Waals surface area contributed by atoms with Crippen molar-refractivity contribution in [2.24, 2.45) is 0 Å². The van der Waals surface area contributed by atoms with E-state index >= 15 is 0 Å². The van der Waals surface area contributed by atoms with Crippen molar-refractivity contribution in [3.63, 3.8) is 0 Å². The quantitative estimate of drug-likeness (QED) is 0.168. The molecule has 0 amide bonds. The number of nitrogens with one attached hydrogen (secondary N) is 1. The molecule has 49 heavy (non-hydrogen) atoms. The Morgan fingerprint density at radius 2 is 1.35 bits per heavy atom. The number of hydrogen-bond donors (Lipinski definition) is 1.